The van der Waals surface area contributed by atoms with Gasteiger partial charge in [0.2, 0.25) is 0 Å². The van der Waals surface area contributed by atoms with Gasteiger partial charge in [0.25, 0.3) is 0 Å². The molecule has 0 bridgehead atoms. The summed E-state index contributed by atoms with van der Waals surface area (Å²) in [5.41, 5.74) is 9.77. The molecule has 0 unspecified atom stereocenters. The van der Waals surface area contributed by atoms with Crippen molar-refractivity contribution in [1.82, 2.24) is 14.5 Å². The van der Waals surface area contributed by atoms with Gasteiger partial charge in [0.1, 0.15) is 20.1 Å². The molecule has 0 N–H and O–H groups in total. The summed E-state index contributed by atoms with van der Waals surface area (Å²) in [6.07, 6.45) is 4.91. The van der Waals surface area contributed by atoms with Crippen LogP contribution in [0.2, 0.25) is 24.7 Å². The zero-order valence-electron chi connectivity index (χ0n) is 18.9. The first-order chi connectivity index (χ1) is 15.8. The number of hydrogen-bond acceptors (Lipinski definition) is 4. The molecule has 33 heavy (non-hydrogen) atoms. The first-order valence-electron chi connectivity index (χ1n) is 10.8. The van der Waals surface area contributed by atoms with Gasteiger partial charge in [-0.25, -0.2) is 9.97 Å². The third-order valence-corrected chi connectivity index (χ3v) is 6.62. The molecule has 2 aromatic carbocycles. The van der Waals surface area contributed by atoms with Crippen molar-refractivity contribution in [1.29, 1.82) is 0 Å². The second-order valence-corrected chi connectivity index (χ2v) is 14.2. The number of fused-ring (bicyclic) bond motifs is 3. The maximum absolute atomic E-state index is 6.64. The summed E-state index contributed by atoms with van der Waals surface area (Å²) in [5.74, 6) is 4.00. The fourth-order valence-corrected chi connectivity index (χ4v) is 4.68. The minimum atomic E-state index is -1.52. The molecule has 4 aromatic rings. The number of oxazole rings is 1. The van der Waals surface area contributed by atoms with Crippen molar-refractivity contribution in [2.45, 2.75) is 32.6 Å². The number of imidazole rings is 1. The Balaban J connectivity index is 1.78. The van der Waals surface area contributed by atoms with E-state index in [9.17, 15) is 0 Å². The van der Waals surface area contributed by atoms with E-state index in [0.29, 0.717) is 10.8 Å². The topological polar surface area (TPSA) is 56.2 Å². The second-order valence-electron chi connectivity index (χ2n) is 9.08. The summed E-state index contributed by atoms with van der Waals surface area (Å²) in [4.78, 5) is 13.9. The zero-order valence-corrected chi connectivity index (χ0v) is 20.7. The lowest BCUT2D eigenvalue weighted by molar-refractivity contribution is 0.568. The maximum atomic E-state index is 6.64. The Labute approximate surface area is 199 Å². The van der Waals surface area contributed by atoms with E-state index in [1.165, 1.54) is 6.39 Å². The summed E-state index contributed by atoms with van der Waals surface area (Å²) in [5, 5.41) is 0.660. The Bertz CT molecular complexity index is 1440. The molecule has 0 amide bonds. The van der Waals surface area contributed by atoms with Gasteiger partial charge in [0.05, 0.1) is 29.3 Å². The quantitative estimate of drug-likeness (QED) is 0.254. The smallest absolute Gasteiger partial charge is 0.181 e. The van der Waals surface area contributed by atoms with Crippen molar-refractivity contribution < 1.29 is 4.42 Å². The van der Waals surface area contributed by atoms with Crippen LogP contribution in [0.25, 0.3) is 17.1 Å². The monoisotopic (exact) mass is 470 g/mol. The van der Waals surface area contributed by atoms with E-state index in [0.717, 1.165) is 39.5 Å². The third-order valence-electron chi connectivity index (χ3n) is 5.41. The van der Waals surface area contributed by atoms with Crippen LogP contribution in [0.5, 0.6) is 0 Å². The molecule has 0 radical (unpaired) electrons. The minimum Gasteiger partial charge on any atom is -0.442 e. The predicted molar refractivity (Wildman–Crippen MR) is 135 cm³/mol. The van der Waals surface area contributed by atoms with Crippen LogP contribution in [0.15, 0.2) is 70.8 Å². The van der Waals surface area contributed by atoms with E-state index in [1.54, 1.807) is 6.20 Å². The molecule has 5 rings (SSSR count). The number of rotatable bonds is 2. The highest BCUT2D eigenvalue weighted by molar-refractivity contribution is 6.83. The number of halogens is 1. The summed E-state index contributed by atoms with van der Waals surface area (Å²) in [6, 6.07) is 13.9. The Morgan fingerprint density at radius 2 is 1.91 bits per heavy atom. The number of aliphatic imine (C=N–C) groups is 1. The summed E-state index contributed by atoms with van der Waals surface area (Å²) in [6.45, 7) is 8.78. The molecule has 1 aliphatic heterocycles. The number of aromatic nitrogens is 3. The van der Waals surface area contributed by atoms with Crippen molar-refractivity contribution in [3.8, 4) is 28.6 Å². The van der Waals surface area contributed by atoms with Crippen molar-refractivity contribution in [3.63, 3.8) is 0 Å². The maximum Gasteiger partial charge on any atom is 0.181 e. The standard InChI is InChI=1S/C26H23ClN4OSi/c1-17-26-25(23-14-28-16-32-23)29-15-31(26)22-10-9-18(11-12-33(2,3)4)13-20(22)24(30-17)19-7-5-6-8-21(19)27/h5-10,13-17H,1-4H3/t17-/m1/s1. The Kier molecular flexibility index (Phi) is 5.32. The third kappa shape index (κ3) is 4.06. The van der Waals surface area contributed by atoms with Crippen LogP contribution in [0, 0.1) is 11.5 Å². The molecule has 1 atom stereocenters. The van der Waals surface area contributed by atoms with E-state index in [4.69, 9.17) is 21.0 Å². The van der Waals surface area contributed by atoms with Crippen LogP contribution in [0.4, 0.5) is 0 Å². The van der Waals surface area contributed by atoms with E-state index in [1.807, 2.05) is 30.6 Å². The lowest BCUT2D eigenvalue weighted by Gasteiger charge is -2.13. The average molecular weight is 471 g/mol. The summed E-state index contributed by atoms with van der Waals surface area (Å²) < 4.78 is 7.65. The summed E-state index contributed by atoms with van der Waals surface area (Å²) >= 11 is 6.64. The lowest BCUT2D eigenvalue weighted by atomic mass is 9.98. The van der Waals surface area contributed by atoms with E-state index >= 15 is 0 Å². The molecule has 164 valence electrons. The van der Waals surface area contributed by atoms with Gasteiger partial charge >= 0.3 is 0 Å². The van der Waals surface area contributed by atoms with E-state index < -0.39 is 8.07 Å². The fourth-order valence-electron chi connectivity index (χ4n) is 3.94. The first-order valence-corrected chi connectivity index (χ1v) is 14.7. The van der Waals surface area contributed by atoms with Crippen molar-refractivity contribution >= 4 is 25.4 Å². The van der Waals surface area contributed by atoms with Gasteiger partial charge in [0, 0.05) is 21.7 Å². The molecule has 0 saturated heterocycles. The Hall–Kier alpha value is -3.40. The van der Waals surface area contributed by atoms with Crippen molar-refractivity contribution in [3.05, 3.63) is 88.8 Å². The number of hydrogen-bond donors (Lipinski definition) is 0. The van der Waals surface area contributed by atoms with Crippen molar-refractivity contribution in [2.24, 2.45) is 4.99 Å². The lowest BCUT2D eigenvalue weighted by Crippen LogP contribution is -2.16. The Morgan fingerprint density at radius 3 is 2.64 bits per heavy atom. The molecule has 0 saturated carbocycles. The number of benzene rings is 2. The first kappa shape index (κ1) is 21.4. The van der Waals surface area contributed by atoms with Crippen LogP contribution in [-0.4, -0.2) is 28.3 Å². The minimum absolute atomic E-state index is 0.192. The Morgan fingerprint density at radius 1 is 1.09 bits per heavy atom. The van der Waals surface area contributed by atoms with E-state index in [-0.39, 0.29) is 6.04 Å². The second kappa shape index (κ2) is 8.18. The number of nitrogens with zero attached hydrogens (tertiary/aromatic N) is 4. The van der Waals surface area contributed by atoms with Gasteiger partial charge in [-0.2, -0.15) is 0 Å². The highest BCUT2D eigenvalue weighted by atomic mass is 35.5. The molecular formula is C26H23ClN4OSi. The summed E-state index contributed by atoms with van der Waals surface area (Å²) in [7, 11) is -1.52. The average Bonchev–Trinajstić information content (AvgIpc) is 3.44. The zero-order chi connectivity index (χ0) is 23.2. The highest BCUT2D eigenvalue weighted by Gasteiger charge is 2.28. The molecule has 2 aromatic heterocycles. The van der Waals surface area contributed by atoms with E-state index in [2.05, 4.69) is 70.8 Å². The highest BCUT2D eigenvalue weighted by Crippen LogP contribution is 2.37. The molecular weight excluding hydrogens is 448 g/mol. The molecule has 0 spiro atoms. The van der Waals surface area contributed by atoms with Gasteiger partial charge < -0.3 is 4.42 Å². The van der Waals surface area contributed by atoms with Crippen LogP contribution in [0.3, 0.4) is 0 Å². The molecule has 7 heteroatoms. The molecule has 1 aliphatic rings. The molecule has 3 heterocycles. The fraction of sp³-hybridized carbons (Fsp3) is 0.192. The van der Waals surface area contributed by atoms with Gasteiger partial charge in [0.15, 0.2) is 12.2 Å². The largest absolute Gasteiger partial charge is 0.442 e. The van der Waals surface area contributed by atoms with Crippen LogP contribution in [0.1, 0.15) is 35.3 Å². The van der Waals surface area contributed by atoms with Crippen LogP contribution >= 0.6 is 11.6 Å². The van der Waals surface area contributed by atoms with Crippen LogP contribution in [-0.2, 0) is 0 Å². The molecule has 5 nitrogen and oxygen atoms in total. The van der Waals surface area contributed by atoms with Crippen molar-refractivity contribution in [2.75, 3.05) is 0 Å². The SMILES string of the molecule is C[C@H]1N=C(c2ccccc2Cl)c2cc(C#C[Si](C)(C)C)ccc2-n2cnc(-c3cnco3)c21. The van der Waals surface area contributed by atoms with Gasteiger partial charge in [-0.3, -0.25) is 9.56 Å². The van der Waals surface area contributed by atoms with Gasteiger partial charge in [-0.1, -0.05) is 55.4 Å². The predicted octanol–water partition coefficient (Wildman–Crippen LogP) is 6.32. The molecule has 0 fully saturated rings. The normalized spacial score (nSPS) is 15.1. The van der Waals surface area contributed by atoms with Gasteiger partial charge in [-0.05, 0) is 31.2 Å². The van der Waals surface area contributed by atoms with Crippen LogP contribution < -0.4 is 0 Å². The molecule has 0 aliphatic carbocycles. The van der Waals surface area contributed by atoms with Gasteiger partial charge in [-0.15, -0.1) is 5.54 Å².